The first kappa shape index (κ1) is 20.0. The molecule has 4 rings (SSSR count). The molecule has 3 nitrogen and oxygen atoms in total. The number of benzene rings is 2. The summed E-state index contributed by atoms with van der Waals surface area (Å²) in [7, 11) is 0. The number of pyridine rings is 1. The summed E-state index contributed by atoms with van der Waals surface area (Å²) in [6, 6.07) is 21.5. The summed E-state index contributed by atoms with van der Waals surface area (Å²) in [6.07, 6.45) is 6.36. The minimum Gasteiger partial charge on any atom is -0.323 e. The molecule has 29 heavy (non-hydrogen) atoms. The minimum absolute atomic E-state index is 0.0501. The highest BCUT2D eigenvalue weighted by molar-refractivity contribution is 7.99. The zero-order valence-electron chi connectivity index (χ0n) is 16.1. The quantitative estimate of drug-likeness (QED) is 0.475. The number of rotatable bonds is 6. The number of nitrogens with zero attached hydrogens (tertiary/aromatic N) is 1. The average molecular weight is 423 g/mol. The van der Waals surface area contributed by atoms with Gasteiger partial charge in [0, 0.05) is 16.1 Å². The van der Waals surface area contributed by atoms with Crippen LogP contribution in [0, 0.1) is 5.92 Å². The lowest BCUT2D eigenvalue weighted by Crippen LogP contribution is -2.26. The van der Waals surface area contributed by atoms with Gasteiger partial charge in [-0.15, -0.1) is 0 Å². The first-order chi connectivity index (χ1) is 14.2. The second kappa shape index (κ2) is 9.47. The molecule has 1 saturated carbocycles. The number of hydrogen-bond donors (Lipinski definition) is 1. The molecule has 1 heterocycles. The molecule has 1 N–H and O–H groups in total. The van der Waals surface area contributed by atoms with Crippen LogP contribution in [-0.2, 0) is 4.79 Å². The van der Waals surface area contributed by atoms with Crippen molar-refractivity contribution in [3.8, 4) is 0 Å². The monoisotopic (exact) mass is 422 g/mol. The van der Waals surface area contributed by atoms with Gasteiger partial charge in [-0.25, -0.2) is 4.98 Å². The van der Waals surface area contributed by atoms with E-state index in [-0.39, 0.29) is 11.8 Å². The van der Waals surface area contributed by atoms with E-state index in [4.69, 9.17) is 11.6 Å². The molecule has 3 aromatic rings. The van der Waals surface area contributed by atoms with E-state index in [0.29, 0.717) is 10.9 Å². The number of anilines is 1. The largest absolute Gasteiger partial charge is 0.323 e. The highest BCUT2D eigenvalue weighted by Crippen LogP contribution is 2.39. The van der Waals surface area contributed by atoms with Gasteiger partial charge in [-0.1, -0.05) is 66.5 Å². The number of carbonyl (C=O) groups excluding carboxylic acids is 1. The first-order valence-electron chi connectivity index (χ1n) is 9.95. The van der Waals surface area contributed by atoms with Crippen molar-refractivity contribution in [3.63, 3.8) is 0 Å². The van der Waals surface area contributed by atoms with Crippen molar-refractivity contribution in [2.75, 3.05) is 5.32 Å². The van der Waals surface area contributed by atoms with Crippen molar-refractivity contribution in [1.29, 1.82) is 0 Å². The van der Waals surface area contributed by atoms with Gasteiger partial charge >= 0.3 is 0 Å². The van der Waals surface area contributed by atoms with Crippen LogP contribution in [0.4, 0.5) is 5.69 Å². The highest BCUT2D eigenvalue weighted by atomic mass is 35.5. The Labute approximate surface area is 180 Å². The number of halogens is 1. The lowest BCUT2D eigenvalue weighted by molar-refractivity contribution is -0.118. The standard InChI is InChI=1S/C24H23ClN2OS/c25-19-12-14-20(15-13-19)29-24-21(11-6-16-26-24)27-23(28)22(18-9-4-5-10-18)17-7-2-1-3-8-17/h1-3,6-8,11-16,18,22H,4-5,9-10H2,(H,27,28)/t22-/m0/s1. The van der Waals surface area contributed by atoms with Crippen LogP contribution in [0.5, 0.6) is 0 Å². The van der Waals surface area contributed by atoms with E-state index < -0.39 is 0 Å². The molecule has 0 bridgehead atoms. The Bertz CT molecular complexity index is 956. The lowest BCUT2D eigenvalue weighted by Gasteiger charge is -2.23. The first-order valence-corrected chi connectivity index (χ1v) is 11.1. The van der Waals surface area contributed by atoms with Gasteiger partial charge in [-0.3, -0.25) is 4.79 Å². The number of amides is 1. The molecule has 0 radical (unpaired) electrons. The SMILES string of the molecule is O=C(Nc1cccnc1Sc1ccc(Cl)cc1)[C@@H](c1ccccc1)C1CCCC1. The van der Waals surface area contributed by atoms with Crippen LogP contribution < -0.4 is 5.32 Å². The fourth-order valence-corrected chi connectivity index (χ4v) is 4.94. The Kier molecular flexibility index (Phi) is 6.53. The summed E-state index contributed by atoms with van der Waals surface area (Å²) in [4.78, 5) is 18.9. The average Bonchev–Trinajstić information content (AvgIpc) is 3.26. The van der Waals surface area contributed by atoms with Gasteiger partial charge in [0.1, 0.15) is 5.03 Å². The number of aromatic nitrogens is 1. The normalized spacial score (nSPS) is 15.2. The molecule has 1 atom stereocenters. The van der Waals surface area contributed by atoms with Gasteiger partial charge in [0.2, 0.25) is 5.91 Å². The summed E-state index contributed by atoms with van der Waals surface area (Å²) in [5.41, 5.74) is 1.84. The van der Waals surface area contributed by atoms with Gasteiger partial charge in [0.05, 0.1) is 11.6 Å². The number of hydrogen-bond acceptors (Lipinski definition) is 3. The molecule has 1 aliphatic rings. The van der Waals surface area contributed by atoms with E-state index in [1.165, 1.54) is 24.6 Å². The van der Waals surface area contributed by atoms with Crippen LogP contribution in [0.25, 0.3) is 0 Å². The van der Waals surface area contributed by atoms with Crippen molar-refractivity contribution < 1.29 is 4.79 Å². The fourth-order valence-electron chi connectivity index (χ4n) is 3.98. The van der Waals surface area contributed by atoms with Crippen LogP contribution in [0.3, 0.4) is 0 Å². The van der Waals surface area contributed by atoms with Gasteiger partial charge in [0.25, 0.3) is 0 Å². The van der Waals surface area contributed by atoms with E-state index in [1.807, 2.05) is 54.6 Å². The molecule has 0 aliphatic heterocycles. The van der Waals surface area contributed by atoms with Crippen LogP contribution in [0.15, 0.2) is 82.8 Å². The molecule has 1 amide bonds. The van der Waals surface area contributed by atoms with Crippen molar-refractivity contribution in [2.45, 2.75) is 41.5 Å². The topological polar surface area (TPSA) is 42.0 Å². The van der Waals surface area contributed by atoms with E-state index in [9.17, 15) is 4.79 Å². The number of carbonyl (C=O) groups is 1. The summed E-state index contributed by atoms with van der Waals surface area (Å²) in [6.45, 7) is 0. The molecule has 0 spiro atoms. The molecule has 0 saturated heterocycles. The van der Waals surface area contributed by atoms with Crippen LogP contribution in [0.1, 0.15) is 37.2 Å². The Morgan fingerprint density at radius 1 is 1.00 bits per heavy atom. The van der Waals surface area contributed by atoms with Gasteiger partial charge in [-0.2, -0.15) is 0 Å². The van der Waals surface area contributed by atoms with Gasteiger partial charge in [0.15, 0.2) is 0 Å². The third kappa shape index (κ3) is 5.01. The highest BCUT2D eigenvalue weighted by Gasteiger charge is 2.32. The summed E-state index contributed by atoms with van der Waals surface area (Å²) in [5, 5.41) is 4.65. The van der Waals surface area contributed by atoms with Crippen molar-refractivity contribution >= 4 is 35.0 Å². The molecule has 1 fully saturated rings. The maximum Gasteiger partial charge on any atom is 0.232 e. The maximum absolute atomic E-state index is 13.4. The van der Waals surface area contributed by atoms with Crippen LogP contribution in [-0.4, -0.2) is 10.9 Å². The van der Waals surface area contributed by atoms with E-state index in [1.54, 1.807) is 6.20 Å². The Hall–Kier alpha value is -2.30. The van der Waals surface area contributed by atoms with E-state index in [0.717, 1.165) is 34.0 Å². The predicted molar refractivity (Wildman–Crippen MR) is 120 cm³/mol. The van der Waals surface area contributed by atoms with Gasteiger partial charge < -0.3 is 5.32 Å². The lowest BCUT2D eigenvalue weighted by atomic mass is 9.84. The zero-order chi connectivity index (χ0) is 20.1. The predicted octanol–water partition coefficient (Wildman–Crippen LogP) is 6.80. The van der Waals surface area contributed by atoms with Crippen molar-refractivity contribution in [2.24, 2.45) is 5.92 Å². The second-order valence-electron chi connectivity index (χ2n) is 7.33. The summed E-state index contributed by atoms with van der Waals surface area (Å²) in [5.74, 6) is 0.308. The molecular formula is C24H23ClN2OS. The van der Waals surface area contributed by atoms with E-state index >= 15 is 0 Å². The van der Waals surface area contributed by atoms with E-state index in [2.05, 4.69) is 22.4 Å². The second-order valence-corrected chi connectivity index (χ2v) is 8.83. The Morgan fingerprint density at radius 3 is 2.45 bits per heavy atom. The minimum atomic E-state index is -0.132. The smallest absolute Gasteiger partial charge is 0.232 e. The molecule has 0 unspecified atom stereocenters. The summed E-state index contributed by atoms with van der Waals surface area (Å²) < 4.78 is 0. The number of nitrogens with one attached hydrogen (secondary N) is 1. The molecule has 1 aromatic heterocycles. The third-order valence-electron chi connectivity index (χ3n) is 5.37. The molecule has 5 heteroatoms. The van der Waals surface area contributed by atoms with Crippen LogP contribution in [0.2, 0.25) is 5.02 Å². The fraction of sp³-hybridized carbons (Fsp3) is 0.250. The molecule has 2 aromatic carbocycles. The molecular weight excluding hydrogens is 400 g/mol. The van der Waals surface area contributed by atoms with Gasteiger partial charge in [-0.05, 0) is 60.7 Å². The third-order valence-corrected chi connectivity index (χ3v) is 6.65. The molecule has 1 aliphatic carbocycles. The zero-order valence-corrected chi connectivity index (χ0v) is 17.6. The maximum atomic E-state index is 13.4. The van der Waals surface area contributed by atoms with Crippen molar-refractivity contribution in [3.05, 3.63) is 83.5 Å². The van der Waals surface area contributed by atoms with Crippen LogP contribution >= 0.6 is 23.4 Å². The Morgan fingerprint density at radius 2 is 1.72 bits per heavy atom. The Balaban J connectivity index is 1.57. The molecule has 148 valence electrons. The summed E-state index contributed by atoms with van der Waals surface area (Å²) >= 11 is 7.51. The van der Waals surface area contributed by atoms with Crippen molar-refractivity contribution in [1.82, 2.24) is 4.98 Å².